The van der Waals surface area contributed by atoms with Crippen molar-refractivity contribution in [1.82, 2.24) is 20.2 Å². The van der Waals surface area contributed by atoms with Crippen LogP contribution in [0.1, 0.15) is 18.4 Å². The number of hydrogen-bond acceptors (Lipinski definition) is 4. The maximum Gasteiger partial charge on any atom is 0.407 e. The third-order valence-electron chi connectivity index (χ3n) is 2.41. The summed E-state index contributed by atoms with van der Waals surface area (Å²) in [6.07, 6.45) is 1.07. The fourth-order valence-electron chi connectivity index (χ4n) is 1.48. The molecule has 0 saturated carbocycles. The van der Waals surface area contributed by atoms with Gasteiger partial charge < -0.3 is 19.9 Å². The molecule has 0 fully saturated rings. The second kappa shape index (κ2) is 6.04. The van der Waals surface area contributed by atoms with Gasteiger partial charge in [-0.3, -0.25) is 4.79 Å². The Labute approximate surface area is 106 Å². The van der Waals surface area contributed by atoms with E-state index in [1.54, 1.807) is 20.2 Å². The molecule has 7 nitrogen and oxygen atoms in total. The molecule has 0 aromatic carbocycles. The number of nitrogens with zero attached hydrogens (tertiary/aromatic N) is 2. The second-order valence-electron chi connectivity index (χ2n) is 4.06. The molecule has 1 rings (SSSR count). The van der Waals surface area contributed by atoms with Crippen molar-refractivity contribution in [2.75, 3.05) is 14.2 Å². The zero-order valence-corrected chi connectivity index (χ0v) is 11.0. The van der Waals surface area contributed by atoms with Gasteiger partial charge in [-0.2, -0.15) is 0 Å². The lowest BCUT2D eigenvalue weighted by atomic mass is 10.3. The maximum atomic E-state index is 11.9. The Kier molecular flexibility index (Phi) is 4.70. The van der Waals surface area contributed by atoms with E-state index in [-0.39, 0.29) is 5.91 Å². The SMILES string of the molecule is COC(=O)N[C@@H](C)C(=O)N(C)Cc1ncc(C)[nH]1. The lowest BCUT2D eigenvalue weighted by molar-refractivity contribution is -0.132. The van der Waals surface area contributed by atoms with E-state index >= 15 is 0 Å². The first-order valence-corrected chi connectivity index (χ1v) is 5.54. The van der Waals surface area contributed by atoms with Crippen LogP contribution in [-0.2, 0) is 16.1 Å². The van der Waals surface area contributed by atoms with E-state index in [9.17, 15) is 9.59 Å². The van der Waals surface area contributed by atoms with Crippen LogP contribution in [0.3, 0.4) is 0 Å². The molecule has 0 saturated heterocycles. The third kappa shape index (κ3) is 3.76. The number of carbonyl (C=O) groups excluding carboxylic acids is 2. The summed E-state index contributed by atoms with van der Waals surface area (Å²) in [6, 6.07) is -0.640. The van der Waals surface area contributed by atoms with Gasteiger partial charge in [0.15, 0.2) is 0 Å². The largest absolute Gasteiger partial charge is 0.453 e. The number of H-pyrrole nitrogens is 1. The predicted molar refractivity (Wildman–Crippen MR) is 64.8 cm³/mol. The van der Waals surface area contributed by atoms with Gasteiger partial charge in [-0.25, -0.2) is 9.78 Å². The molecule has 0 unspecified atom stereocenters. The average molecular weight is 254 g/mol. The van der Waals surface area contributed by atoms with Crippen LogP contribution in [0.4, 0.5) is 4.79 Å². The van der Waals surface area contributed by atoms with Crippen molar-refractivity contribution < 1.29 is 14.3 Å². The van der Waals surface area contributed by atoms with E-state index in [4.69, 9.17) is 0 Å². The fourth-order valence-corrected chi connectivity index (χ4v) is 1.48. The number of aryl methyl sites for hydroxylation is 1. The van der Waals surface area contributed by atoms with Crippen molar-refractivity contribution in [3.05, 3.63) is 17.7 Å². The summed E-state index contributed by atoms with van der Waals surface area (Å²) in [4.78, 5) is 31.5. The van der Waals surface area contributed by atoms with Gasteiger partial charge in [0.05, 0.1) is 13.7 Å². The highest BCUT2D eigenvalue weighted by Crippen LogP contribution is 2.01. The van der Waals surface area contributed by atoms with Crippen molar-refractivity contribution in [2.45, 2.75) is 26.4 Å². The van der Waals surface area contributed by atoms with Crippen LogP contribution in [0.25, 0.3) is 0 Å². The predicted octanol–water partition coefficient (Wildman–Crippen LogP) is 0.421. The van der Waals surface area contributed by atoms with Gasteiger partial charge >= 0.3 is 6.09 Å². The molecule has 1 aromatic rings. The molecular formula is C11H18N4O3. The zero-order valence-electron chi connectivity index (χ0n) is 11.0. The van der Waals surface area contributed by atoms with Crippen molar-refractivity contribution in [3.8, 4) is 0 Å². The number of aromatic amines is 1. The van der Waals surface area contributed by atoms with Gasteiger partial charge in [-0.1, -0.05) is 0 Å². The molecule has 0 spiro atoms. The fraction of sp³-hybridized carbons (Fsp3) is 0.545. The number of hydrogen-bond donors (Lipinski definition) is 2. The number of amides is 2. The first-order chi connectivity index (χ1) is 8.43. The van der Waals surface area contributed by atoms with Gasteiger partial charge in [0.2, 0.25) is 5.91 Å². The van der Waals surface area contributed by atoms with Gasteiger partial charge in [0.1, 0.15) is 11.9 Å². The van der Waals surface area contributed by atoms with E-state index in [0.29, 0.717) is 12.4 Å². The Bertz CT molecular complexity index is 430. The summed E-state index contributed by atoms with van der Waals surface area (Å²) in [5.74, 6) is 0.489. The number of ether oxygens (including phenoxy) is 1. The van der Waals surface area contributed by atoms with E-state index in [1.165, 1.54) is 12.0 Å². The topological polar surface area (TPSA) is 87.3 Å². The molecule has 1 atom stereocenters. The molecule has 1 heterocycles. The van der Waals surface area contributed by atoms with Crippen molar-refractivity contribution in [1.29, 1.82) is 0 Å². The molecule has 7 heteroatoms. The molecule has 0 aliphatic carbocycles. The Hall–Kier alpha value is -2.05. The first kappa shape index (κ1) is 14.0. The van der Waals surface area contributed by atoms with Crippen LogP contribution < -0.4 is 5.32 Å². The minimum absolute atomic E-state index is 0.213. The summed E-state index contributed by atoms with van der Waals surface area (Å²) in [5, 5.41) is 2.42. The minimum atomic E-state index is -0.640. The molecule has 1 aromatic heterocycles. The Balaban J connectivity index is 2.52. The Morgan fingerprint density at radius 2 is 2.28 bits per heavy atom. The van der Waals surface area contributed by atoms with Crippen LogP contribution >= 0.6 is 0 Å². The van der Waals surface area contributed by atoms with Gasteiger partial charge in [-0.15, -0.1) is 0 Å². The first-order valence-electron chi connectivity index (χ1n) is 5.54. The van der Waals surface area contributed by atoms with Gasteiger partial charge in [-0.05, 0) is 13.8 Å². The van der Waals surface area contributed by atoms with E-state index in [0.717, 1.165) is 5.69 Å². The lowest BCUT2D eigenvalue weighted by Crippen LogP contribution is -2.45. The Morgan fingerprint density at radius 1 is 1.61 bits per heavy atom. The number of aromatic nitrogens is 2. The summed E-state index contributed by atoms with van der Waals surface area (Å²) >= 11 is 0. The summed E-state index contributed by atoms with van der Waals surface area (Å²) in [7, 11) is 2.90. The molecule has 0 bridgehead atoms. The highest BCUT2D eigenvalue weighted by atomic mass is 16.5. The molecule has 2 amide bonds. The van der Waals surface area contributed by atoms with E-state index in [1.807, 2.05) is 6.92 Å². The summed E-state index contributed by atoms with van der Waals surface area (Å²) < 4.78 is 4.43. The van der Waals surface area contributed by atoms with Crippen LogP contribution in [0.15, 0.2) is 6.20 Å². The molecule has 0 radical (unpaired) electrons. The number of likely N-dealkylation sites (N-methyl/N-ethyl adjacent to an activating group) is 1. The highest BCUT2D eigenvalue weighted by Gasteiger charge is 2.20. The van der Waals surface area contributed by atoms with Crippen LogP contribution in [0.5, 0.6) is 0 Å². The molecule has 18 heavy (non-hydrogen) atoms. The molecule has 0 aliphatic heterocycles. The third-order valence-corrected chi connectivity index (χ3v) is 2.41. The summed E-state index contributed by atoms with van der Waals surface area (Å²) in [6.45, 7) is 3.85. The Morgan fingerprint density at radius 3 is 2.78 bits per heavy atom. The van der Waals surface area contributed by atoms with Gasteiger partial charge in [0, 0.05) is 18.9 Å². The molecule has 100 valence electrons. The summed E-state index contributed by atoms with van der Waals surface area (Å²) in [5.41, 5.74) is 0.937. The standard InChI is InChI=1S/C11H18N4O3/c1-7-5-12-9(13-7)6-15(3)10(16)8(2)14-11(17)18-4/h5,8H,6H2,1-4H3,(H,12,13)(H,14,17)/t8-/m0/s1. The second-order valence-corrected chi connectivity index (χ2v) is 4.06. The number of rotatable bonds is 4. The van der Waals surface area contributed by atoms with Crippen molar-refractivity contribution in [2.24, 2.45) is 0 Å². The number of imidazole rings is 1. The molecule has 0 aliphatic rings. The maximum absolute atomic E-state index is 11.9. The molecule has 2 N–H and O–H groups in total. The molecular weight excluding hydrogens is 236 g/mol. The van der Waals surface area contributed by atoms with Crippen molar-refractivity contribution in [3.63, 3.8) is 0 Å². The van der Waals surface area contributed by atoms with Gasteiger partial charge in [0.25, 0.3) is 0 Å². The van der Waals surface area contributed by atoms with Crippen LogP contribution in [-0.4, -0.2) is 47.1 Å². The van der Waals surface area contributed by atoms with Crippen LogP contribution in [0.2, 0.25) is 0 Å². The zero-order chi connectivity index (χ0) is 13.7. The number of methoxy groups -OCH3 is 1. The highest BCUT2D eigenvalue weighted by molar-refractivity contribution is 5.84. The number of nitrogens with one attached hydrogen (secondary N) is 2. The number of carbonyl (C=O) groups is 2. The van der Waals surface area contributed by atoms with E-state index < -0.39 is 12.1 Å². The average Bonchev–Trinajstić information content (AvgIpc) is 2.73. The normalized spacial score (nSPS) is 11.8. The lowest BCUT2D eigenvalue weighted by Gasteiger charge is -2.20. The van der Waals surface area contributed by atoms with Crippen LogP contribution in [0, 0.1) is 6.92 Å². The smallest absolute Gasteiger partial charge is 0.407 e. The van der Waals surface area contributed by atoms with E-state index in [2.05, 4.69) is 20.0 Å². The minimum Gasteiger partial charge on any atom is -0.453 e. The number of alkyl carbamates (subject to hydrolysis) is 1. The van der Waals surface area contributed by atoms with Crippen molar-refractivity contribution >= 4 is 12.0 Å². The monoisotopic (exact) mass is 254 g/mol. The quantitative estimate of drug-likeness (QED) is 0.815.